The van der Waals surface area contributed by atoms with E-state index in [1.54, 1.807) is 25.1 Å². The Morgan fingerprint density at radius 3 is 2.61 bits per heavy atom. The van der Waals surface area contributed by atoms with Crippen LogP contribution in [-0.4, -0.2) is 14.6 Å². The Morgan fingerprint density at radius 1 is 1.09 bits per heavy atom. The van der Waals surface area contributed by atoms with E-state index >= 15 is 0 Å². The van der Waals surface area contributed by atoms with E-state index < -0.39 is 11.6 Å². The molecule has 33 heavy (non-hydrogen) atoms. The van der Waals surface area contributed by atoms with Crippen LogP contribution in [0.2, 0.25) is 0 Å². The van der Waals surface area contributed by atoms with Crippen LogP contribution < -0.4 is 10.9 Å². The van der Waals surface area contributed by atoms with Crippen LogP contribution in [0.5, 0.6) is 0 Å². The van der Waals surface area contributed by atoms with E-state index in [0.29, 0.717) is 39.9 Å². The van der Waals surface area contributed by atoms with Gasteiger partial charge >= 0.3 is 0 Å². The third kappa shape index (κ3) is 3.59. The first kappa shape index (κ1) is 20.4. The number of benzene rings is 3. The number of nitrogens with zero attached hydrogens (tertiary/aromatic N) is 3. The Labute approximate surface area is 186 Å². The number of aromatic amines is 1. The molecule has 5 aromatic rings. The lowest BCUT2D eigenvalue weighted by molar-refractivity contribution is 0.585. The van der Waals surface area contributed by atoms with Crippen LogP contribution in [0.25, 0.3) is 27.7 Å². The smallest absolute Gasteiger partial charge is 0.282 e. The van der Waals surface area contributed by atoms with Crippen molar-refractivity contribution in [3.63, 3.8) is 0 Å². The van der Waals surface area contributed by atoms with Crippen molar-refractivity contribution in [3.8, 4) is 17.2 Å². The van der Waals surface area contributed by atoms with Crippen molar-refractivity contribution >= 4 is 22.2 Å². The van der Waals surface area contributed by atoms with E-state index in [1.165, 1.54) is 16.6 Å². The largest absolute Gasteiger partial charge is 0.381 e. The van der Waals surface area contributed by atoms with Crippen molar-refractivity contribution in [1.82, 2.24) is 14.6 Å². The minimum atomic E-state index is -0.727. The predicted molar refractivity (Wildman–Crippen MR) is 122 cm³/mol. The van der Waals surface area contributed by atoms with Crippen molar-refractivity contribution in [2.75, 3.05) is 5.32 Å². The highest BCUT2D eigenvalue weighted by Crippen LogP contribution is 2.30. The third-order valence-corrected chi connectivity index (χ3v) is 5.53. The number of rotatable bonds is 4. The summed E-state index contributed by atoms with van der Waals surface area (Å²) in [6.45, 7) is 2.17. The van der Waals surface area contributed by atoms with Gasteiger partial charge in [-0.05, 0) is 61.0 Å². The molecule has 0 bridgehead atoms. The molecular weight excluding hydrogens is 424 g/mol. The molecule has 0 spiro atoms. The molecule has 6 nitrogen and oxygen atoms in total. The fourth-order valence-corrected chi connectivity index (χ4v) is 3.90. The summed E-state index contributed by atoms with van der Waals surface area (Å²) in [5, 5.41) is 16.9. The molecular formula is C25H17F2N5O. The number of hydrogen-bond donors (Lipinski definition) is 2. The number of hydrogen-bond acceptors (Lipinski definition) is 4. The maximum atomic E-state index is 14.5. The zero-order valence-electron chi connectivity index (χ0n) is 17.5. The van der Waals surface area contributed by atoms with Gasteiger partial charge in [0.15, 0.2) is 0 Å². The lowest BCUT2D eigenvalue weighted by Gasteiger charge is -2.09. The molecule has 0 saturated carbocycles. The number of nitrogens with one attached hydrogen (secondary N) is 2. The second-order valence-corrected chi connectivity index (χ2v) is 7.70. The predicted octanol–water partition coefficient (Wildman–Crippen LogP) is 4.91. The summed E-state index contributed by atoms with van der Waals surface area (Å²) in [5.74, 6) is -1.40. The first-order valence-corrected chi connectivity index (χ1v) is 10.2. The van der Waals surface area contributed by atoms with Gasteiger partial charge in [0.2, 0.25) is 0 Å². The molecule has 0 aliphatic carbocycles. The van der Waals surface area contributed by atoms with Gasteiger partial charge in [-0.3, -0.25) is 4.79 Å². The fraction of sp³-hybridized carbons (Fsp3) is 0.0800. The van der Waals surface area contributed by atoms with Crippen LogP contribution in [-0.2, 0) is 6.54 Å². The van der Waals surface area contributed by atoms with Gasteiger partial charge in [0.05, 0.1) is 33.8 Å². The second-order valence-electron chi connectivity index (χ2n) is 7.70. The van der Waals surface area contributed by atoms with E-state index in [1.807, 2.05) is 24.3 Å². The van der Waals surface area contributed by atoms with Gasteiger partial charge in [-0.15, -0.1) is 0 Å². The van der Waals surface area contributed by atoms with Gasteiger partial charge in [-0.1, -0.05) is 6.07 Å². The lowest BCUT2D eigenvalue weighted by atomic mass is 10.1. The van der Waals surface area contributed by atoms with Crippen LogP contribution in [0.3, 0.4) is 0 Å². The monoisotopic (exact) mass is 441 g/mol. The molecule has 0 unspecified atom stereocenters. The summed E-state index contributed by atoms with van der Waals surface area (Å²) in [5.41, 5.74) is 3.97. The minimum absolute atomic E-state index is 0.164. The molecule has 2 aromatic heterocycles. The van der Waals surface area contributed by atoms with Crippen LogP contribution in [0.15, 0.2) is 65.5 Å². The zero-order chi connectivity index (χ0) is 23.1. The Kier molecular flexibility index (Phi) is 4.87. The van der Waals surface area contributed by atoms with Crippen LogP contribution in [0, 0.1) is 29.9 Å². The summed E-state index contributed by atoms with van der Waals surface area (Å²) in [7, 11) is 0. The average Bonchev–Trinajstić information content (AvgIpc) is 3.14. The molecule has 3 aromatic carbocycles. The van der Waals surface area contributed by atoms with E-state index in [-0.39, 0.29) is 11.1 Å². The number of halogens is 2. The molecule has 0 atom stereocenters. The number of fused-ring (bicyclic) bond motifs is 2. The highest BCUT2D eigenvalue weighted by atomic mass is 19.1. The molecule has 2 N–H and O–H groups in total. The minimum Gasteiger partial charge on any atom is -0.381 e. The van der Waals surface area contributed by atoms with Gasteiger partial charge in [0.1, 0.15) is 17.3 Å². The van der Waals surface area contributed by atoms with Gasteiger partial charge < -0.3 is 10.3 Å². The van der Waals surface area contributed by atoms with Crippen molar-refractivity contribution < 1.29 is 8.78 Å². The standard InChI is InChI=1S/C25H17F2N5O/c1-14-23(19-9-5-17(26)11-21(19)27)24-30-22-10-16(4-8-20(22)25(33)32(24)31-14)13-29-18-6-2-15(12-28)3-7-18/h2-11,29-30H,13H2,1H3. The van der Waals surface area contributed by atoms with E-state index in [0.717, 1.165) is 17.3 Å². The first-order chi connectivity index (χ1) is 15.9. The Hall–Kier alpha value is -4.51. The summed E-state index contributed by atoms with van der Waals surface area (Å²) >= 11 is 0. The molecule has 0 amide bonds. The van der Waals surface area contributed by atoms with Gasteiger partial charge in [0.25, 0.3) is 5.56 Å². The number of anilines is 1. The molecule has 8 heteroatoms. The molecule has 0 saturated heterocycles. The summed E-state index contributed by atoms with van der Waals surface area (Å²) in [6.07, 6.45) is 0. The van der Waals surface area contributed by atoms with Crippen LogP contribution in [0.4, 0.5) is 14.5 Å². The van der Waals surface area contributed by atoms with Gasteiger partial charge in [-0.2, -0.15) is 14.9 Å². The number of H-pyrrole nitrogens is 1. The third-order valence-electron chi connectivity index (χ3n) is 5.53. The van der Waals surface area contributed by atoms with Crippen molar-refractivity contribution in [2.45, 2.75) is 13.5 Å². The quantitative estimate of drug-likeness (QED) is 0.415. The molecule has 162 valence electrons. The molecule has 2 heterocycles. The lowest BCUT2D eigenvalue weighted by Crippen LogP contribution is -2.15. The number of aromatic nitrogens is 3. The van der Waals surface area contributed by atoms with Gasteiger partial charge in [-0.25, -0.2) is 8.78 Å². The van der Waals surface area contributed by atoms with E-state index in [2.05, 4.69) is 21.5 Å². The van der Waals surface area contributed by atoms with Crippen molar-refractivity contribution in [2.24, 2.45) is 0 Å². The molecule has 5 rings (SSSR count). The normalized spacial score (nSPS) is 11.1. The summed E-state index contributed by atoms with van der Waals surface area (Å²) in [4.78, 5) is 16.3. The Balaban J connectivity index is 1.57. The fourth-order valence-electron chi connectivity index (χ4n) is 3.90. The van der Waals surface area contributed by atoms with Crippen LogP contribution in [0.1, 0.15) is 16.8 Å². The highest BCUT2D eigenvalue weighted by Gasteiger charge is 2.19. The number of nitriles is 1. The summed E-state index contributed by atoms with van der Waals surface area (Å²) in [6, 6.07) is 17.9. The molecule has 0 aliphatic rings. The molecule has 0 radical (unpaired) electrons. The Morgan fingerprint density at radius 2 is 1.88 bits per heavy atom. The number of aryl methyl sites for hydroxylation is 1. The maximum absolute atomic E-state index is 14.5. The van der Waals surface area contributed by atoms with E-state index in [9.17, 15) is 13.6 Å². The maximum Gasteiger partial charge on any atom is 0.282 e. The first-order valence-electron chi connectivity index (χ1n) is 10.2. The summed E-state index contributed by atoms with van der Waals surface area (Å²) < 4.78 is 29.1. The van der Waals surface area contributed by atoms with Crippen LogP contribution >= 0.6 is 0 Å². The highest BCUT2D eigenvalue weighted by molar-refractivity contribution is 5.86. The van der Waals surface area contributed by atoms with E-state index in [4.69, 9.17) is 5.26 Å². The Bertz CT molecular complexity index is 1630. The molecule has 0 aliphatic heterocycles. The second kappa shape index (κ2) is 7.88. The van der Waals surface area contributed by atoms with Crippen molar-refractivity contribution in [3.05, 3.63) is 99.5 Å². The average molecular weight is 441 g/mol. The topological polar surface area (TPSA) is 86.0 Å². The zero-order valence-corrected chi connectivity index (χ0v) is 17.5. The van der Waals surface area contributed by atoms with Gasteiger partial charge in [0, 0.05) is 23.9 Å². The van der Waals surface area contributed by atoms with Crippen molar-refractivity contribution in [1.29, 1.82) is 5.26 Å². The SMILES string of the molecule is Cc1nn2c(=O)c3ccc(CNc4ccc(C#N)cc4)cc3[nH]c2c1-c1ccc(F)cc1F. The molecule has 0 fully saturated rings.